The van der Waals surface area contributed by atoms with Gasteiger partial charge in [0.25, 0.3) is 0 Å². The molecule has 0 heterocycles. The number of hydrogen-bond donors (Lipinski definition) is 0. The summed E-state index contributed by atoms with van der Waals surface area (Å²) in [6.45, 7) is 6.44. The maximum Gasteiger partial charge on any atom is 0.200 e. The summed E-state index contributed by atoms with van der Waals surface area (Å²) in [5.74, 6) is 0.952. The van der Waals surface area contributed by atoms with Crippen molar-refractivity contribution in [3.05, 3.63) is 0 Å². The summed E-state index contributed by atoms with van der Waals surface area (Å²) in [5, 5.41) is 0. The summed E-state index contributed by atoms with van der Waals surface area (Å²) in [5.41, 5.74) is 0. The molecular formula is C10H19BrO. The molecule has 0 aliphatic rings. The van der Waals surface area contributed by atoms with Crippen LogP contribution in [0.1, 0.15) is 46.5 Å². The second kappa shape index (κ2) is 6.64. The zero-order valence-electron chi connectivity index (χ0n) is 8.27. The van der Waals surface area contributed by atoms with Crippen molar-refractivity contribution in [3.8, 4) is 0 Å². The molecule has 1 nitrogen and oxygen atoms in total. The molecule has 2 heteroatoms. The van der Waals surface area contributed by atoms with Crippen LogP contribution in [-0.4, -0.2) is 4.69 Å². The van der Waals surface area contributed by atoms with Crippen LogP contribution in [0.3, 0.4) is 0 Å². The van der Waals surface area contributed by atoms with Gasteiger partial charge in [0.05, 0.1) is 0 Å². The van der Waals surface area contributed by atoms with Gasteiger partial charge in [0.15, 0.2) is 0 Å². The van der Waals surface area contributed by atoms with Crippen molar-refractivity contribution in [2.45, 2.75) is 46.5 Å². The number of carbonyl (C=O) groups excluding carboxylic acids is 1. The highest BCUT2D eigenvalue weighted by atomic mass is 79.9. The van der Waals surface area contributed by atoms with E-state index in [1.165, 1.54) is 19.3 Å². The van der Waals surface area contributed by atoms with Gasteiger partial charge >= 0.3 is 0 Å². The summed E-state index contributed by atoms with van der Waals surface area (Å²) in [4.78, 5) is 10.8. The molecule has 0 N–H and O–H groups in total. The largest absolute Gasteiger partial charge is 0.286 e. The fourth-order valence-electron chi connectivity index (χ4n) is 1.29. The summed E-state index contributed by atoms with van der Waals surface area (Å²) in [7, 11) is 0. The van der Waals surface area contributed by atoms with Crippen LogP contribution in [0.4, 0.5) is 0 Å². The summed E-state index contributed by atoms with van der Waals surface area (Å²) in [6.07, 6.45) is 4.72. The van der Waals surface area contributed by atoms with E-state index in [1.807, 2.05) is 6.92 Å². The Labute approximate surface area is 84.1 Å². The molecule has 2 unspecified atom stereocenters. The van der Waals surface area contributed by atoms with E-state index in [-0.39, 0.29) is 10.6 Å². The fraction of sp³-hybridized carbons (Fsp3) is 0.900. The van der Waals surface area contributed by atoms with Crippen molar-refractivity contribution in [3.63, 3.8) is 0 Å². The predicted octanol–water partition coefficient (Wildman–Crippen LogP) is 3.76. The maximum absolute atomic E-state index is 10.8. The normalized spacial score (nSPS) is 15.7. The molecule has 72 valence electrons. The third-order valence-corrected chi connectivity index (χ3v) is 3.04. The van der Waals surface area contributed by atoms with E-state index in [0.717, 1.165) is 12.3 Å². The number of halogens is 1. The lowest BCUT2D eigenvalue weighted by atomic mass is 9.96. The highest BCUT2D eigenvalue weighted by molar-refractivity contribution is 9.18. The Morgan fingerprint density at radius 3 is 2.25 bits per heavy atom. The van der Waals surface area contributed by atoms with Crippen LogP contribution in [0.25, 0.3) is 0 Å². The highest BCUT2D eigenvalue weighted by Gasteiger charge is 2.10. The van der Waals surface area contributed by atoms with Crippen LogP contribution in [-0.2, 0) is 4.79 Å². The first-order valence-corrected chi connectivity index (χ1v) is 5.56. The van der Waals surface area contributed by atoms with E-state index < -0.39 is 0 Å². The molecule has 0 aromatic carbocycles. The summed E-state index contributed by atoms with van der Waals surface area (Å²) < 4.78 is 0.145. The first-order chi connectivity index (χ1) is 5.57. The molecule has 0 saturated heterocycles. The highest BCUT2D eigenvalue weighted by Crippen LogP contribution is 2.18. The van der Waals surface area contributed by atoms with Gasteiger partial charge in [-0.2, -0.15) is 0 Å². The molecule has 0 rings (SSSR count). The van der Waals surface area contributed by atoms with Crippen LogP contribution in [0.2, 0.25) is 0 Å². The van der Waals surface area contributed by atoms with Crippen LogP contribution in [0.5, 0.6) is 0 Å². The first kappa shape index (κ1) is 12.2. The first-order valence-electron chi connectivity index (χ1n) is 4.77. The maximum atomic E-state index is 10.8. The lowest BCUT2D eigenvalue weighted by Crippen LogP contribution is -2.05. The van der Waals surface area contributed by atoms with E-state index in [4.69, 9.17) is 0 Å². The van der Waals surface area contributed by atoms with Crippen LogP contribution < -0.4 is 0 Å². The van der Waals surface area contributed by atoms with Crippen molar-refractivity contribution >= 4 is 20.6 Å². The van der Waals surface area contributed by atoms with Crippen LogP contribution >= 0.6 is 15.9 Å². The Hall–Kier alpha value is 0.150. The second-order valence-corrected chi connectivity index (χ2v) is 4.46. The molecule has 0 amide bonds. The third-order valence-electron chi connectivity index (χ3n) is 2.26. The van der Waals surface area contributed by atoms with E-state index in [9.17, 15) is 4.79 Å². The van der Waals surface area contributed by atoms with Crippen LogP contribution in [0.15, 0.2) is 0 Å². The lowest BCUT2D eigenvalue weighted by Gasteiger charge is -2.11. The van der Waals surface area contributed by atoms with E-state index in [1.54, 1.807) is 0 Å². The SMILES string of the molecule is CCCC(C)CCC(C)C(=O)Br. The average molecular weight is 235 g/mol. The molecule has 2 atom stereocenters. The van der Waals surface area contributed by atoms with Crippen molar-refractivity contribution in [1.29, 1.82) is 0 Å². The Balaban J connectivity index is 3.46. The molecule has 0 aromatic heterocycles. The number of hydrogen-bond acceptors (Lipinski definition) is 1. The zero-order valence-corrected chi connectivity index (χ0v) is 9.86. The third kappa shape index (κ3) is 5.76. The quantitative estimate of drug-likeness (QED) is 0.640. The van der Waals surface area contributed by atoms with E-state index in [2.05, 4.69) is 29.8 Å². The standard InChI is InChI=1S/C10H19BrO/c1-4-5-8(2)6-7-9(3)10(11)12/h8-9H,4-7H2,1-3H3. The summed E-state index contributed by atoms with van der Waals surface area (Å²) >= 11 is 2.99. The number of carbonyl (C=O) groups is 1. The van der Waals surface area contributed by atoms with Crippen molar-refractivity contribution < 1.29 is 4.79 Å². The molecule has 0 bridgehead atoms. The Kier molecular flexibility index (Phi) is 6.73. The fourth-order valence-corrected chi connectivity index (χ4v) is 1.51. The van der Waals surface area contributed by atoms with Gasteiger partial charge in [-0.3, -0.25) is 4.79 Å². The smallest absolute Gasteiger partial charge is 0.200 e. The van der Waals surface area contributed by atoms with Gasteiger partial charge in [0, 0.05) is 5.92 Å². The molecular weight excluding hydrogens is 216 g/mol. The molecule has 0 radical (unpaired) electrons. The minimum atomic E-state index is 0.145. The van der Waals surface area contributed by atoms with E-state index >= 15 is 0 Å². The van der Waals surface area contributed by atoms with Gasteiger partial charge in [-0.15, -0.1) is 0 Å². The number of rotatable bonds is 6. The second-order valence-electron chi connectivity index (χ2n) is 3.68. The topological polar surface area (TPSA) is 17.1 Å². The average Bonchev–Trinajstić information content (AvgIpc) is 2.00. The zero-order chi connectivity index (χ0) is 9.56. The minimum Gasteiger partial charge on any atom is -0.286 e. The molecule has 0 aliphatic carbocycles. The Morgan fingerprint density at radius 2 is 1.83 bits per heavy atom. The molecule has 0 saturated carbocycles. The Morgan fingerprint density at radius 1 is 1.25 bits per heavy atom. The molecule has 0 fully saturated rings. The van der Waals surface area contributed by atoms with Crippen molar-refractivity contribution in [2.24, 2.45) is 11.8 Å². The summed E-state index contributed by atoms with van der Waals surface area (Å²) in [6, 6.07) is 0. The Bertz CT molecular complexity index is 134. The lowest BCUT2D eigenvalue weighted by molar-refractivity contribution is -0.113. The van der Waals surface area contributed by atoms with Gasteiger partial charge in [-0.1, -0.05) is 40.0 Å². The van der Waals surface area contributed by atoms with Gasteiger partial charge in [-0.05, 0) is 28.3 Å². The van der Waals surface area contributed by atoms with Gasteiger partial charge in [-0.25, -0.2) is 0 Å². The predicted molar refractivity (Wildman–Crippen MR) is 56.4 cm³/mol. The molecule has 12 heavy (non-hydrogen) atoms. The van der Waals surface area contributed by atoms with Crippen LogP contribution in [0, 0.1) is 11.8 Å². The van der Waals surface area contributed by atoms with Crippen molar-refractivity contribution in [1.82, 2.24) is 0 Å². The monoisotopic (exact) mass is 234 g/mol. The van der Waals surface area contributed by atoms with Gasteiger partial charge in [0.1, 0.15) is 0 Å². The van der Waals surface area contributed by atoms with Gasteiger partial charge < -0.3 is 0 Å². The van der Waals surface area contributed by atoms with E-state index in [0.29, 0.717) is 0 Å². The molecule has 0 spiro atoms. The van der Waals surface area contributed by atoms with Gasteiger partial charge in [0.2, 0.25) is 4.69 Å². The van der Waals surface area contributed by atoms with Crippen molar-refractivity contribution in [2.75, 3.05) is 0 Å². The molecule has 0 aliphatic heterocycles. The minimum absolute atomic E-state index is 0.145. The molecule has 0 aromatic rings.